The maximum Gasteiger partial charge on any atom is 0.203 e. The van der Waals surface area contributed by atoms with E-state index in [1.807, 2.05) is 24.3 Å². The first-order valence-corrected chi connectivity index (χ1v) is 9.42. The van der Waals surface area contributed by atoms with Gasteiger partial charge in [0.05, 0.1) is 4.47 Å². The van der Waals surface area contributed by atoms with E-state index < -0.39 is 0 Å². The van der Waals surface area contributed by atoms with Gasteiger partial charge in [-0.1, -0.05) is 6.07 Å². The molecule has 1 fully saturated rings. The Labute approximate surface area is 159 Å². The highest BCUT2D eigenvalue weighted by atomic mass is 79.9. The van der Waals surface area contributed by atoms with Crippen molar-refractivity contribution in [3.05, 3.63) is 74.7 Å². The van der Waals surface area contributed by atoms with Crippen LogP contribution >= 0.6 is 15.9 Å². The third-order valence-corrected chi connectivity index (χ3v) is 5.46. The van der Waals surface area contributed by atoms with Gasteiger partial charge in [0.25, 0.3) is 0 Å². The van der Waals surface area contributed by atoms with E-state index in [0.29, 0.717) is 9.86 Å². The number of benzene rings is 2. The minimum atomic E-state index is -0.200. The molecular formula is C20H19BrFN3O. The average Bonchev–Trinajstić information content (AvgIpc) is 2.66. The number of H-pyrrole nitrogens is 1. The second kappa shape index (κ2) is 7.21. The highest BCUT2D eigenvalue weighted by molar-refractivity contribution is 9.10. The van der Waals surface area contributed by atoms with E-state index in [0.717, 1.165) is 43.9 Å². The van der Waals surface area contributed by atoms with Crippen LogP contribution in [0.2, 0.25) is 0 Å². The number of hydrogen-bond donors (Lipinski definition) is 1. The lowest BCUT2D eigenvalue weighted by atomic mass is 10.1. The van der Waals surface area contributed by atoms with Crippen LogP contribution in [0.4, 0.5) is 10.1 Å². The summed E-state index contributed by atoms with van der Waals surface area (Å²) in [6.45, 7) is 4.59. The predicted octanol–water partition coefficient (Wildman–Crippen LogP) is 3.75. The van der Waals surface area contributed by atoms with Crippen molar-refractivity contribution in [2.45, 2.75) is 6.54 Å². The molecule has 134 valence electrons. The summed E-state index contributed by atoms with van der Waals surface area (Å²) in [4.78, 5) is 20.0. The van der Waals surface area contributed by atoms with Crippen molar-refractivity contribution in [1.29, 1.82) is 0 Å². The Kier molecular flexibility index (Phi) is 4.78. The summed E-state index contributed by atoms with van der Waals surface area (Å²) in [7, 11) is 0. The molecule has 2 heterocycles. The molecule has 1 aliphatic rings. The number of anilines is 1. The molecule has 1 aliphatic heterocycles. The van der Waals surface area contributed by atoms with Crippen molar-refractivity contribution >= 4 is 32.5 Å². The maximum atomic E-state index is 13.1. The zero-order valence-corrected chi connectivity index (χ0v) is 15.8. The van der Waals surface area contributed by atoms with Crippen LogP contribution in [-0.2, 0) is 6.54 Å². The Balaban J connectivity index is 1.43. The summed E-state index contributed by atoms with van der Waals surface area (Å²) in [5.41, 5.74) is 3.13. The molecule has 2 aromatic carbocycles. The number of pyridine rings is 1. The van der Waals surface area contributed by atoms with Crippen LogP contribution in [0.15, 0.2) is 57.9 Å². The number of halogens is 2. The van der Waals surface area contributed by atoms with Gasteiger partial charge >= 0.3 is 0 Å². The lowest BCUT2D eigenvalue weighted by Crippen LogP contribution is -2.45. The van der Waals surface area contributed by atoms with E-state index in [1.165, 1.54) is 17.7 Å². The lowest BCUT2D eigenvalue weighted by molar-refractivity contribution is 0.250. The van der Waals surface area contributed by atoms with Crippen LogP contribution in [0.3, 0.4) is 0 Å². The number of fused-ring (bicyclic) bond motifs is 1. The van der Waals surface area contributed by atoms with Gasteiger partial charge in [0.15, 0.2) is 0 Å². The molecule has 6 heteroatoms. The molecule has 0 saturated carbocycles. The summed E-state index contributed by atoms with van der Waals surface area (Å²) in [6, 6.07) is 12.7. The van der Waals surface area contributed by atoms with Crippen molar-refractivity contribution < 1.29 is 4.39 Å². The smallest absolute Gasteiger partial charge is 0.203 e. The summed E-state index contributed by atoms with van der Waals surface area (Å²) < 4.78 is 13.6. The van der Waals surface area contributed by atoms with Gasteiger partial charge in [-0.15, -0.1) is 0 Å². The molecule has 0 bridgehead atoms. The van der Waals surface area contributed by atoms with E-state index >= 15 is 0 Å². The summed E-state index contributed by atoms with van der Waals surface area (Å²) in [6.07, 6.45) is 1.69. The van der Waals surface area contributed by atoms with Crippen molar-refractivity contribution in [3.8, 4) is 0 Å². The topological polar surface area (TPSA) is 39.3 Å². The summed E-state index contributed by atoms with van der Waals surface area (Å²) in [5, 5.41) is 0.698. The van der Waals surface area contributed by atoms with Gasteiger partial charge in [0.1, 0.15) is 5.82 Å². The monoisotopic (exact) mass is 415 g/mol. The minimum absolute atomic E-state index is 0.0122. The number of rotatable bonds is 3. The third-order valence-electron chi connectivity index (χ3n) is 4.87. The Morgan fingerprint density at radius 2 is 1.77 bits per heavy atom. The van der Waals surface area contributed by atoms with Gasteiger partial charge in [-0.25, -0.2) is 4.39 Å². The molecule has 1 saturated heterocycles. The second-order valence-corrected chi connectivity index (χ2v) is 7.44. The van der Waals surface area contributed by atoms with Crippen LogP contribution in [0, 0.1) is 5.82 Å². The summed E-state index contributed by atoms with van der Waals surface area (Å²) in [5.74, 6) is -0.200. The number of nitrogens with zero attached hydrogens (tertiary/aromatic N) is 2. The third kappa shape index (κ3) is 3.52. The van der Waals surface area contributed by atoms with E-state index in [1.54, 1.807) is 6.20 Å². The van der Waals surface area contributed by atoms with Gasteiger partial charge in [-0.2, -0.15) is 0 Å². The minimum Gasteiger partial charge on any atom is -0.369 e. The zero-order chi connectivity index (χ0) is 18.1. The van der Waals surface area contributed by atoms with Gasteiger partial charge < -0.3 is 9.88 Å². The van der Waals surface area contributed by atoms with E-state index in [2.05, 4.69) is 36.8 Å². The molecular weight excluding hydrogens is 397 g/mol. The van der Waals surface area contributed by atoms with Crippen molar-refractivity contribution in [3.63, 3.8) is 0 Å². The number of aromatic amines is 1. The van der Waals surface area contributed by atoms with Crippen LogP contribution in [-0.4, -0.2) is 36.1 Å². The van der Waals surface area contributed by atoms with Crippen molar-refractivity contribution in [2.24, 2.45) is 0 Å². The molecule has 0 atom stereocenters. The average molecular weight is 416 g/mol. The fourth-order valence-corrected chi connectivity index (χ4v) is 3.74. The fraction of sp³-hybridized carbons (Fsp3) is 0.250. The molecule has 0 spiro atoms. The van der Waals surface area contributed by atoms with Crippen LogP contribution < -0.4 is 10.3 Å². The largest absolute Gasteiger partial charge is 0.369 e. The first kappa shape index (κ1) is 17.2. The Hall–Kier alpha value is -2.18. The van der Waals surface area contributed by atoms with Crippen molar-refractivity contribution in [2.75, 3.05) is 31.1 Å². The molecule has 0 aliphatic carbocycles. The van der Waals surface area contributed by atoms with Gasteiger partial charge in [-0.05, 0) is 57.9 Å². The molecule has 0 unspecified atom stereocenters. The van der Waals surface area contributed by atoms with E-state index in [9.17, 15) is 9.18 Å². The van der Waals surface area contributed by atoms with Gasteiger partial charge in [-0.3, -0.25) is 9.69 Å². The van der Waals surface area contributed by atoms with Gasteiger partial charge in [0.2, 0.25) is 5.43 Å². The van der Waals surface area contributed by atoms with Crippen molar-refractivity contribution in [1.82, 2.24) is 9.88 Å². The standard InChI is InChI=1S/C20H19BrFN3O/c21-18-12-23-19-11-14(1-6-17(19)20(18)26)13-24-7-9-25(10-8-24)16-4-2-15(22)3-5-16/h1-6,11-12H,7-10,13H2,(H,23,26). The number of piperazine rings is 1. The SMILES string of the molecule is O=c1c(Br)c[nH]c2cc(CN3CCN(c4ccc(F)cc4)CC3)ccc12. The highest BCUT2D eigenvalue weighted by Crippen LogP contribution is 2.19. The molecule has 0 amide bonds. The van der Waals surface area contributed by atoms with Gasteiger partial charge in [0, 0.05) is 55.5 Å². The predicted molar refractivity (Wildman–Crippen MR) is 106 cm³/mol. The molecule has 4 nitrogen and oxygen atoms in total. The lowest BCUT2D eigenvalue weighted by Gasteiger charge is -2.36. The number of aromatic nitrogens is 1. The number of hydrogen-bond acceptors (Lipinski definition) is 3. The zero-order valence-electron chi connectivity index (χ0n) is 14.2. The molecule has 26 heavy (non-hydrogen) atoms. The Morgan fingerprint density at radius 1 is 1.04 bits per heavy atom. The number of nitrogens with one attached hydrogen (secondary N) is 1. The first-order chi connectivity index (χ1) is 12.6. The molecule has 3 aromatic rings. The fourth-order valence-electron chi connectivity index (χ4n) is 3.42. The first-order valence-electron chi connectivity index (χ1n) is 8.63. The van der Waals surface area contributed by atoms with E-state index in [-0.39, 0.29) is 11.2 Å². The normalized spacial score (nSPS) is 15.5. The highest BCUT2D eigenvalue weighted by Gasteiger charge is 2.17. The Bertz CT molecular complexity index is 979. The second-order valence-electron chi connectivity index (χ2n) is 6.59. The van der Waals surface area contributed by atoms with Crippen LogP contribution in [0.1, 0.15) is 5.56 Å². The Morgan fingerprint density at radius 3 is 2.50 bits per heavy atom. The quantitative estimate of drug-likeness (QED) is 0.707. The van der Waals surface area contributed by atoms with Crippen LogP contribution in [0.5, 0.6) is 0 Å². The molecule has 0 radical (unpaired) electrons. The molecule has 4 rings (SSSR count). The van der Waals surface area contributed by atoms with Crippen LogP contribution in [0.25, 0.3) is 10.9 Å². The summed E-state index contributed by atoms with van der Waals surface area (Å²) >= 11 is 3.27. The maximum absolute atomic E-state index is 13.1. The molecule has 1 N–H and O–H groups in total. The molecule has 1 aromatic heterocycles. The van der Waals surface area contributed by atoms with E-state index in [4.69, 9.17) is 0 Å².